The summed E-state index contributed by atoms with van der Waals surface area (Å²) in [6.07, 6.45) is 0. The van der Waals surface area contributed by atoms with Crippen molar-refractivity contribution in [2.45, 2.75) is 39.2 Å². The highest BCUT2D eigenvalue weighted by Gasteiger charge is 2.47. The predicted molar refractivity (Wildman–Crippen MR) is 146 cm³/mol. The Bertz CT molecular complexity index is 1400. The third kappa shape index (κ3) is 5.17. The number of benzene rings is 3. The van der Waals surface area contributed by atoms with Gasteiger partial charge in [0.05, 0.1) is 18.2 Å². The first-order valence-corrected chi connectivity index (χ1v) is 12.5. The lowest BCUT2D eigenvalue weighted by molar-refractivity contribution is -0.132. The number of aliphatic hydroxyl groups excluding tert-OH is 1. The predicted octanol–water partition coefficient (Wildman–Crippen LogP) is 7.02. The Morgan fingerprint density at radius 3 is 2.27 bits per heavy atom. The Morgan fingerprint density at radius 2 is 1.68 bits per heavy atom. The van der Waals surface area contributed by atoms with Gasteiger partial charge in [-0.2, -0.15) is 0 Å². The van der Waals surface area contributed by atoms with Gasteiger partial charge in [0, 0.05) is 26.9 Å². The molecule has 1 saturated heterocycles. The van der Waals surface area contributed by atoms with Crippen molar-refractivity contribution in [2.24, 2.45) is 0 Å². The number of aliphatic hydroxyl groups is 1. The molecule has 3 aromatic carbocycles. The molecule has 0 radical (unpaired) electrons. The summed E-state index contributed by atoms with van der Waals surface area (Å²) in [5.41, 5.74) is 1.47. The summed E-state index contributed by atoms with van der Waals surface area (Å²) >= 11 is 12.4. The van der Waals surface area contributed by atoms with E-state index in [1.54, 1.807) is 30.3 Å². The molecule has 1 amide bonds. The van der Waals surface area contributed by atoms with Gasteiger partial charge in [0.1, 0.15) is 17.3 Å². The molecule has 0 spiro atoms. The number of Topliss-reactive ketones (excluding diaryl/α,β-unsaturated/α-hetero) is 1. The Labute approximate surface area is 225 Å². The van der Waals surface area contributed by atoms with E-state index in [2.05, 4.69) is 0 Å². The number of amides is 1. The number of rotatable bonds is 5. The van der Waals surface area contributed by atoms with Crippen LogP contribution in [0, 0.1) is 0 Å². The van der Waals surface area contributed by atoms with E-state index in [0.717, 1.165) is 5.56 Å². The zero-order valence-electron chi connectivity index (χ0n) is 20.9. The zero-order chi connectivity index (χ0) is 27.1. The third-order valence-corrected chi connectivity index (χ3v) is 6.55. The highest BCUT2D eigenvalue weighted by Crippen LogP contribution is 2.44. The number of halogens is 2. The number of phenols is 1. The first kappa shape index (κ1) is 26.6. The van der Waals surface area contributed by atoms with Crippen LogP contribution >= 0.6 is 23.2 Å². The van der Waals surface area contributed by atoms with Crippen LogP contribution < -0.4 is 9.64 Å². The summed E-state index contributed by atoms with van der Waals surface area (Å²) in [5, 5.41) is 22.3. The number of nitrogens with zero attached hydrogens (tertiary/aromatic N) is 1. The molecule has 6 nitrogen and oxygen atoms in total. The monoisotopic (exact) mass is 539 g/mol. The lowest BCUT2D eigenvalue weighted by Gasteiger charge is -2.26. The molecule has 0 aromatic heterocycles. The first-order valence-electron chi connectivity index (χ1n) is 11.8. The SMILES string of the molecule is CCOc1ccc(/C(O)=C2/C(=O)C(=O)N(c3cc(Cl)cc(Cl)c3)C2c2cccc(O)c2)cc1C(C)(C)C. The number of carbonyl (C=O) groups excluding carboxylic acids is 2. The van der Waals surface area contributed by atoms with Gasteiger partial charge in [-0.25, -0.2) is 0 Å². The molecule has 192 valence electrons. The van der Waals surface area contributed by atoms with Crippen LogP contribution in [0.2, 0.25) is 10.0 Å². The Hall–Kier alpha value is -3.48. The number of anilines is 1. The van der Waals surface area contributed by atoms with E-state index in [1.807, 2.05) is 27.7 Å². The summed E-state index contributed by atoms with van der Waals surface area (Å²) in [6, 6.07) is 14.9. The van der Waals surface area contributed by atoms with Crippen LogP contribution in [0.15, 0.2) is 66.2 Å². The van der Waals surface area contributed by atoms with E-state index >= 15 is 0 Å². The summed E-state index contributed by atoms with van der Waals surface area (Å²) in [6.45, 7) is 8.41. The highest BCUT2D eigenvalue weighted by molar-refractivity contribution is 6.52. The third-order valence-electron chi connectivity index (χ3n) is 6.12. The number of aromatic hydroxyl groups is 1. The molecule has 1 aliphatic rings. The van der Waals surface area contributed by atoms with Crippen LogP contribution in [0.3, 0.4) is 0 Å². The minimum atomic E-state index is -1.04. The molecular weight excluding hydrogens is 513 g/mol. The van der Waals surface area contributed by atoms with Gasteiger partial charge in [-0.05, 0) is 66.4 Å². The molecule has 0 aliphatic carbocycles. The fourth-order valence-corrected chi connectivity index (χ4v) is 5.00. The van der Waals surface area contributed by atoms with E-state index in [-0.39, 0.29) is 38.2 Å². The number of ketones is 1. The summed E-state index contributed by atoms with van der Waals surface area (Å²) in [4.78, 5) is 28.0. The number of phenolic OH excluding ortho intramolecular Hbond substituents is 1. The van der Waals surface area contributed by atoms with Gasteiger partial charge in [-0.3, -0.25) is 14.5 Å². The molecule has 37 heavy (non-hydrogen) atoms. The smallest absolute Gasteiger partial charge is 0.300 e. The first-order chi connectivity index (χ1) is 17.4. The van der Waals surface area contributed by atoms with Gasteiger partial charge in [0.15, 0.2) is 0 Å². The molecule has 1 heterocycles. The minimum absolute atomic E-state index is 0.0525. The second kappa shape index (κ2) is 10.1. The average molecular weight is 540 g/mol. The van der Waals surface area contributed by atoms with Crippen molar-refractivity contribution in [2.75, 3.05) is 11.5 Å². The van der Waals surface area contributed by atoms with E-state index in [0.29, 0.717) is 23.5 Å². The normalized spacial score (nSPS) is 17.4. The van der Waals surface area contributed by atoms with Crippen molar-refractivity contribution in [1.82, 2.24) is 0 Å². The fourth-order valence-electron chi connectivity index (χ4n) is 4.49. The van der Waals surface area contributed by atoms with Crippen LogP contribution in [0.1, 0.15) is 50.4 Å². The van der Waals surface area contributed by atoms with E-state index in [9.17, 15) is 19.8 Å². The molecule has 3 aromatic rings. The van der Waals surface area contributed by atoms with Crippen molar-refractivity contribution in [1.29, 1.82) is 0 Å². The van der Waals surface area contributed by atoms with Crippen molar-refractivity contribution in [3.8, 4) is 11.5 Å². The van der Waals surface area contributed by atoms with Gasteiger partial charge in [-0.15, -0.1) is 0 Å². The second-order valence-electron chi connectivity index (χ2n) is 9.79. The van der Waals surface area contributed by atoms with Crippen molar-refractivity contribution >= 4 is 46.3 Å². The van der Waals surface area contributed by atoms with Crippen molar-refractivity contribution in [3.63, 3.8) is 0 Å². The quantitative estimate of drug-likeness (QED) is 0.206. The molecule has 1 fully saturated rings. The Balaban J connectivity index is 1.97. The molecule has 8 heteroatoms. The number of hydrogen-bond donors (Lipinski definition) is 2. The topological polar surface area (TPSA) is 87.1 Å². The minimum Gasteiger partial charge on any atom is -0.508 e. The highest BCUT2D eigenvalue weighted by atomic mass is 35.5. The van der Waals surface area contributed by atoms with Gasteiger partial charge in [-0.1, -0.05) is 56.1 Å². The summed E-state index contributed by atoms with van der Waals surface area (Å²) in [5.74, 6) is -1.44. The van der Waals surface area contributed by atoms with Gasteiger partial charge >= 0.3 is 0 Å². The van der Waals surface area contributed by atoms with E-state index in [1.165, 1.54) is 35.2 Å². The second-order valence-corrected chi connectivity index (χ2v) is 10.7. The molecule has 4 rings (SSSR count). The van der Waals surface area contributed by atoms with Crippen LogP contribution in [-0.2, 0) is 15.0 Å². The van der Waals surface area contributed by atoms with Gasteiger partial charge < -0.3 is 14.9 Å². The Morgan fingerprint density at radius 1 is 1.00 bits per heavy atom. The summed E-state index contributed by atoms with van der Waals surface area (Å²) < 4.78 is 5.78. The lowest BCUT2D eigenvalue weighted by atomic mass is 9.84. The number of carbonyl (C=O) groups is 2. The van der Waals surface area contributed by atoms with Crippen LogP contribution in [0.4, 0.5) is 5.69 Å². The van der Waals surface area contributed by atoms with Gasteiger partial charge in [0.2, 0.25) is 0 Å². The van der Waals surface area contributed by atoms with E-state index in [4.69, 9.17) is 27.9 Å². The Kier molecular flexibility index (Phi) is 7.27. The van der Waals surface area contributed by atoms with Gasteiger partial charge in [0.25, 0.3) is 11.7 Å². The molecule has 2 N–H and O–H groups in total. The molecule has 0 bridgehead atoms. The van der Waals surface area contributed by atoms with Crippen LogP contribution in [0.5, 0.6) is 11.5 Å². The molecular formula is C29H27Cl2NO5. The fraction of sp³-hybridized carbons (Fsp3) is 0.241. The summed E-state index contributed by atoms with van der Waals surface area (Å²) in [7, 11) is 0. The maximum absolute atomic E-state index is 13.4. The largest absolute Gasteiger partial charge is 0.508 e. The lowest BCUT2D eigenvalue weighted by Crippen LogP contribution is -2.29. The maximum atomic E-state index is 13.4. The van der Waals surface area contributed by atoms with Crippen LogP contribution in [-0.4, -0.2) is 28.5 Å². The average Bonchev–Trinajstić information content (AvgIpc) is 3.08. The molecule has 1 aliphatic heterocycles. The number of ether oxygens (including phenoxy) is 1. The molecule has 1 unspecified atom stereocenters. The van der Waals surface area contributed by atoms with Crippen molar-refractivity contribution in [3.05, 3.63) is 93.0 Å². The van der Waals surface area contributed by atoms with Crippen LogP contribution in [0.25, 0.3) is 5.76 Å². The molecule has 0 saturated carbocycles. The van der Waals surface area contributed by atoms with E-state index < -0.39 is 17.7 Å². The standard InChI is InChI=1S/C29H27Cl2NO5/c1-5-37-23-10-9-17(12-22(23)29(2,3)4)26(34)24-25(16-7-6-8-21(33)11-16)32(28(36)27(24)35)20-14-18(30)13-19(31)15-20/h6-15,25,33-34H,5H2,1-4H3/b26-24-. The van der Waals surface area contributed by atoms with Crippen molar-refractivity contribution < 1.29 is 24.5 Å². The zero-order valence-corrected chi connectivity index (χ0v) is 22.4. The molecule has 1 atom stereocenters. The maximum Gasteiger partial charge on any atom is 0.300 e. The number of hydrogen-bond acceptors (Lipinski definition) is 5.